The second-order valence-electron chi connectivity index (χ2n) is 8.45. The summed E-state index contributed by atoms with van der Waals surface area (Å²) in [6.45, 7) is 21.5. The SMILES string of the molecule is CCN(CC)[P+](N1CCN(C)CC1)(N1CCN(C)CC1)N1CCN(C)CC1.[Cl-]. The van der Waals surface area contributed by atoms with E-state index in [2.05, 4.69) is 68.4 Å². The van der Waals surface area contributed by atoms with Crippen LogP contribution in [0, 0.1) is 0 Å². The minimum Gasteiger partial charge on any atom is -1.00 e. The zero-order valence-electron chi connectivity index (χ0n) is 18.9. The van der Waals surface area contributed by atoms with Gasteiger partial charge in [0, 0.05) is 52.4 Å². The molecule has 0 spiro atoms. The lowest BCUT2D eigenvalue weighted by atomic mass is 10.4. The van der Waals surface area contributed by atoms with Crippen LogP contribution in [0.1, 0.15) is 13.8 Å². The summed E-state index contributed by atoms with van der Waals surface area (Å²) in [5.74, 6) is 0. The van der Waals surface area contributed by atoms with Crippen LogP contribution in [0.15, 0.2) is 0 Å². The Bertz CT molecular complexity index is 389. The van der Waals surface area contributed by atoms with Gasteiger partial charge in [-0.2, -0.15) is 0 Å². The third-order valence-corrected chi connectivity index (χ3v) is 11.5. The van der Waals surface area contributed by atoms with Gasteiger partial charge in [-0.15, -0.1) is 18.7 Å². The van der Waals surface area contributed by atoms with E-state index in [0.717, 1.165) is 13.1 Å². The maximum absolute atomic E-state index is 2.93. The summed E-state index contributed by atoms with van der Waals surface area (Å²) in [5.41, 5.74) is 0. The number of halogens is 1. The molecule has 0 bridgehead atoms. The van der Waals surface area contributed by atoms with Gasteiger partial charge in [-0.1, -0.05) is 0 Å². The van der Waals surface area contributed by atoms with Crippen molar-refractivity contribution in [3.8, 4) is 0 Å². The Kier molecular flexibility index (Phi) is 9.86. The first-order chi connectivity index (χ1) is 13.0. The van der Waals surface area contributed by atoms with Crippen molar-refractivity contribution < 1.29 is 12.4 Å². The van der Waals surface area contributed by atoms with Gasteiger partial charge < -0.3 is 27.1 Å². The molecule has 0 amide bonds. The highest BCUT2D eigenvalue weighted by atomic mass is 35.5. The molecule has 0 N–H and O–H groups in total. The molecular formula is C19H43ClN7P. The van der Waals surface area contributed by atoms with E-state index in [-0.39, 0.29) is 12.4 Å². The van der Waals surface area contributed by atoms with Crippen molar-refractivity contribution in [3.05, 3.63) is 0 Å². The summed E-state index contributed by atoms with van der Waals surface area (Å²) in [6.07, 6.45) is 0. The predicted molar refractivity (Wildman–Crippen MR) is 117 cm³/mol. The molecular weight excluding hydrogens is 393 g/mol. The van der Waals surface area contributed by atoms with Gasteiger partial charge in [0.1, 0.15) is 0 Å². The van der Waals surface area contributed by atoms with Gasteiger partial charge in [-0.3, -0.25) is 0 Å². The monoisotopic (exact) mass is 435 g/mol. The van der Waals surface area contributed by atoms with E-state index in [0.29, 0.717) is 0 Å². The Hall–Kier alpha value is 0.440. The van der Waals surface area contributed by atoms with E-state index in [4.69, 9.17) is 0 Å². The molecule has 7 nitrogen and oxygen atoms in total. The molecule has 3 saturated heterocycles. The molecule has 0 atom stereocenters. The highest BCUT2D eigenvalue weighted by molar-refractivity contribution is 7.66. The molecule has 3 aliphatic heterocycles. The highest BCUT2D eigenvalue weighted by Crippen LogP contribution is 2.70. The van der Waals surface area contributed by atoms with Gasteiger partial charge in [-0.25, -0.2) is 0 Å². The Morgan fingerprint density at radius 2 is 0.786 bits per heavy atom. The minimum absolute atomic E-state index is 0. The lowest BCUT2D eigenvalue weighted by Crippen LogP contribution is -3.00. The molecule has 0 aromatic rings. The molecule has 0 saturated carbocycles. The Morgan fingerprint density at radius 3 is 1.00 bits per heavy atom. The van der Waals surface area contributed by atoms with Gasteiger partial charge in [0.2, 0.25) is 0 Å². The Morgan fingerprint density at radius 1 is 0.536 bits per heavy atom. The van der Waals surface area contributed by atoms with Crippen LogP contribution in [-0.2, 0) is 0 Å². The maximum Gasteiger partial charge on any atom is 0.308 e. The molecule has 0 radical (unpaired) electrons. The summed E-state index contributed by atoms with van der Waals surface area (Å²) in [4.78, 5) is 7.50. The van der Waals surface area contributed by atoms with Gasteiger partial charge in [0.05, 0.1) is 39.3 Å². The van der Waals surface area contributed by atoms with Crippen LogP contribution >= 0.6 is 7.87 Å². The van der Waals surface area contributed by atoms with Crippen molar-refractivity contribution >= 4 is 7.87 Å². The smallest absolute Gasteiger partial charge is 0.308 e. The van der Waals surface area contributed by atoms with Gasteiger partial charge >= 0.3 is 7.87 Å². The van der Waals surface area contributed by atoms with E-state index in [1.165, 1.54) is 78.5 Å². The van der Waals surface area contributed by atoms with E-state index in [1.54, 1.807) is 0 Å². The average molecular weight is 436 g/mol. The topological polar surface area (TPSA) is 22.7 Å². The van der Waals surface area contributed by atoms with Gasteiger partial charge in [-0.05, 0) is 35.0 Å². The summed E-state index contributed by atoms with van der Waals surface area (Å²) in [7, 11) is 5.18. The van der Waals surface area contributed by atoms with Crippen molar-refractivity contribution in [1.82, 2.24) is 33.4 Å². The largest absolute Gasteiger partial charge is 1.00 e. The van der Waals surface area contributed by atoms with Crippen LogP contribution in [0.2, 0.25) is 0 Å². The molecule has 166 valence electrons. The zero-order chi connectivity index (χ0) is 19.4. The van der Waals surface area contributed by atoms with Crippen LogP contribution in [0.25, 0.3) is 0 Å². The van der Waals surface area contributed by atoms with E-state index >= 15 is 0 Å². The van der Waals surface area contributed by atoms with E-state index < -0.39 is 7.87 Å². The first-order valence-corrected chi connectivity index (χ1v) is 12.6. The van der Waals surface area contributed by atoms with Crippen LogP contribution in [0.3, 0.4) is 0 Å². The van der Waals surface area contributed by atoms with Crippen molar-refractivity contribution in [2.24, 2.45) is 0 Å². The third-order valence-electron chi connectivity index (χ3n) is 6.69. The average Bonchev–Trinajstić information content (AvgIpc) is 2.68. The molecule has 0 aromatic carbocycles. The number of piperazine rings is 3. The van der Waals surface area contributed by atoms with Crippen molar-refractivity contribution in [2.45, 2.75) is 13.8 Å². The molecule has 3 rings (SSSR count). The standard InChI is InChI=1S/C19H43N7P.ClH/c1-6-23(7-2)27(24-14-8-20(3)9-15-24,25-16-10-21(4)11-17-25)26-18-12-22(5)13-19-26;/h6-19H2,1-5H3;1H/q+1;/p-1. The highest BCUT2D eigenvalue weighted by Gasteiger charge is 2.61. The van der Waals surface area contributed by atoms with Crippen molar-refractivity contribution in [2.75, 3.05) is 113 Å². The Balaban J connectivity index is 0.00000280. The van der Waals surface area contributed by atoms with E-state index in [9.17, 15) is 0 Å². The molecule has 0 aromatic heterocycles. The second-order valence-corrected chi connectivity index (χ2v) is 11.8. The Labute approximate surface area is 180 Å². The summed E-state index contributed by atoms with van der Waals surface area (Å²) in [6, 6.07) is 0. The lowest BCUT2D eigenvalue weighted by Gasteiger charge is -2.54. The lowest BCUT2D eigenvalue weighted by molar-refractivity contribution is -0.00000663. The van der Waals surface area contributed by atoms with Crippen LogP contribution in [-0.4, -0.2) is 146 Å². The van der Waals surface area contributed by atoms with Gasteiger partial charge in [0.25, 0.3) is 0 Å². The fourth-order valence-electron chi connectivity index (χ4n) is 4.87. The molecule has 3 fully saturated rings. The van der Waals surface area contributed by atoms with Crippen LogP contribution in [0.5, 0.6) is 0 Å². The molecule has 0 unspecified atom stereocenters. The number of likely N-dealkylation sites (N-methyl/N-ethyl adjacent to an activating group) is 3. The number of rotatable bonds is 6. The van der Waals surface area contributed by atoms with Crippen molar-refractivity contribution in [1.29, 1.82) is 0 Å². The number of hydrogen-bond acceptors (Lipinski definition) is 7. The fraction of sp³-hybridized carbons (Fsp3) is 1.00. The molecule has 0 aliphatic carbocycles. The van der Waals surface area contributed by atoms with Crippen molar-refractivity contribution in [3.63, 3.8) is 0 Å². The molecule has 3 aliphatic rings. The number of hydrogen-bond donors (Lipinski definition) is 0. The molecule has 28 heavy (non-hydrogen) atoms. The normalized spacial score (nSPS) is 25.9. The maximum atomic E-state index is 2.93. The third kappa shape index (κ3) is 5.01. The zero-order valence-corrected chi connectivity index (χ0v) is 20.5. The predicted octanol–water partition coefficient (Wildman–Crippen LogP) is -2.25. The van der Waals surface area contributed by atoms with Crippen LogP contribution < -0.4 is 12.4 Å². The van der Waals surface area contributed by atoms with Crippen LogP contribution in [0.4, 0.5) is 0 Å². The first kappa shape index (κ1) is 24.7. The van der Waals surface area contributed by atoms with E-state index in [1.807, 2.05) is 0 Å². The fourth-order valence-corrected chi connectivity index (χ4v) is 9.92. The summed E-state index contributed by atoms with van der Waals surface area (Å²) in [5, 5.41) is 0. The quantitative estimate of drug-likeness (QED) is 0.434. The molecule has 3 heterocycles. The first-order valence-electron chi connectivity index (χ1n) is 11.0. The summed E-state index contributed by atoms with van der Waals surface area (Å²) >= 11 is 0. The minimum atomic E-state index is -1.66. The number of nitrogens with zero attached hydrogens (tertiary/aromatic N) is 7. The second kappa shape index (κ2) is 11.2. The van der Waals surface area contributed by atoms with Gasteiger partial charge in [0.15, 0.2) is 0 Å². The summed E-state index contributed by atoms with van der Waals surface area (Å²) < 4.78 is 11.6. The molecule has 9 heteroatoms.